The third-order valence-corrected chi connectivity index (χ3v) is 3.12. The first-order valence-electron chi connectivity index (χ1n) is 7.04. The Balaban J connectivity index is 2.02. The van der Waals surface area contributed by atoms with Gasteiger partial charge in [0.25, 0.3) is 11.4 Å². The molecular formula is C15H11F3N2O6. The molecule has 2 rings (SSSR count). The normalized spacial score (nSPS) is 11.0. The zero-order valence-electron chi connectivity index (χ0n) is 12.9. The Bertz CT molecular complexity index is 825. The first kappa shape index (κ1) is 19.0. The summed E-state index contributed by atoms with van der Waals surface area (Å²) >= 11 is 0. The molecule has 0 amide bonds. The summed E-state index contributed by atoms with van der Waals surface area (Å²) in [5, 5.41) is 21.3. The average Bonchev–Trinajstić information content (AvgIpc) is 2.58. The monoisotopic (exact) mass is 372 g/mol. The third kappa shape index (κ3) is 4.82. The smallest absolute Gasteiger partial charge is 0.420 e. The van der Waals surface area contributed by atoms with Crippen LogP contribution in [0.5, 0.6) is 11.5 Å². The van der Waals surface area contributed by atoms with Gasteiger partial charge >= 0.3 is 6.18 Å². The van der Waals surface area contributed by atoms with E-state index in [0.29, 0.717) is 6.07 Å². The molecule has 138 valence electrons. The van der Waals surface area contributed by atoms with Gasteiger partial charge in [-0.2, -0.15) is 13.2 Å². The summed E-state index contributed by atoms with van der Waals surface area (Å²) in [4.78, 5) is 19.7. The molecule has 0 aliphatic heterocycles. The average molecular weight is 372 g/mol. The lowest BCUT2D eigenvalue weighted by Gasteiger charge is -2.14. The van der Waals surface area contributed by atoms with Crippen molar-refractivity contribution in [2.45, 2.75) is 6.18 Å². The zero-order valence-corrected chi connectivity index (χ0v) is 12.9. The molecule has 0 bridgehead atoms. The van der Waals surface area contributed by atoms with Crippen LogP contribution in [-0.4, -0.2) is 23.1 Å². The Labute approximate surface area is 144 Å². The van der Waals surface area contributed by atoms with E-state index in [1.165, 1.54) is 18.2 Å². The van der Waals surface area contributed by atoms with Crippen molar-refractivity contribution >= 4 is 11.4 Å². The third-order valence-electron chi connectivity index (χ3n) is 3.12. The molecule has 0 aliphatic rings. The largest absolute Gasteiger partial charge is 0.490 e. The van der Waals surface area contributed by atoms with Crippen LogP contribution in [0, 0.1) is 20.2 Å². The highest BCUT2D eigenvalue weighted by molar-refractivity contribution is 5.45. The van der Waals surface area contributed by atoms with Crippen molar-refractivity contribution in [3.05, 3.63) is 68.3 Å². The quantitative estimate of drug-likeness (QED) is 0.414. The van der Waals surface area contributed by atoms with Crippen molar-refractivity contribution in [3.63, 3.8) is 0 Å². The van der Waals surface area contributed by atoms with E-state index in [9.17, 15) is 33.4 Å². The number of alkyl halides is 3. The number of hydrogen-bond donors (Lipinski definition) is 0. The lowest BCUT2D eigenvalue weighted by Crippen LogP contribution is -2.13. The van der Waals surface area contributed by atoms with E-state index < -0.39 is 33.0 Å². The van der Waals surface area contributed by atoms with Crippen molar-refractivity contribution in [3.8, 4) is 11.5 Å². The molecule has 26 heavy (non-hydrogen) atoms. The Hall–Kier alpha value is -3.37. The summed E-state index contributed by atoms with van der Waals surface area (Å²) in [6.07, 6.45) is -4.83. The lowest BCUT2D eigenvalue weighted by atomic mass is 10.1. The van der Waals surface area contributed by atoms with Crippen molar-refractivity contribution in [2.24, 2.45) is 0 Å². The summed E-state index contributed by atoms with van der Waals surface area (Å²) in [7, 11) is 0. The fourth-order valence-corrected chi connectivity index (χ4v) is 1.98. The molecule has 0 aliphatic carbocycles. The molecular weight excluding hydrogens is 361 g/mol. The van der Waals surface area contributed by atoms with Crippen molar-refractivity contribution in [1.82, 2.24) is 0 Å². The predicted octanol–water partition coefficient (Wildman–Crippen LogP) is 3.98. The van der Waals surface area contributed by atoms with E-state index in [-0.39, 0.29) is 24.7 Å². The predicted molar refractivity (Wildman–Crippen MR) is 82.2 cm³/mol. The molecule has 0 atom stereocenters. The molecule has 0 fully saturated rings. The summed E-state index contributed by atoms with van der Waals surface area (Å²) in [6.45, 7) is -0.487. The van der Waals surface area contributed by atoms with Crippen LogP contribution in [0.1, 0.15) is 5.56 Å². The Kier molecular flexibility index (Phi) is 5.60. The van der Waals surface area contributed by atoms with Crippen LogP contribution in [0.2, 0.25) is 0 Å². The second kappa shape index (κ2) is 7.68. The first-order chi connectivity index (χ1) is 12.2. The highest BCUT2D eigenvalue weighted by Gasteiger charge is 2.36. The van der Waals surface area contributed by atoms with Gasteiger partial charge in [0.15, 0.2) is 0 Å². The maximum Gasteiger partial charge on any atom is 0.420 e. The maximum absolute atomic E-state index is 13.0. The molecule has 0 radical (unpaired) electrons. The maximum atomic E-state index is 13.0. The molecule has 0 spiro atoms. The molecule has 0 aromatic heterocycles. The number of nitrogens with zero attached hydrogens (tertiary/aromatic N) is 2. The number of nitro benzene ring substituents is 2. The van der Waals surface area contributed by atoms with Gasteiger partial charge in [0.05, 0.1) is 15.9 Å². The van der Waals surface area contributed by atoms with E-state index in [0.717, 1.165) is 18.2 Å². The molecule has 0 heterocycles. The molecule has 0 N–H and O–H groups in total. The van der Waals surface area contributed by atoms with E-state index >= 15 is 0 Å². The Morgan fingerprint density at radius 2 is 1.50 bits per heavy atom. The highest BCUT2D eigenvalue weighted by atomic mass is 19.4. The van der Waals surface area contributed by atoms with Crippen LogP contribution in [0.4, 0.5) is 24.5 Å². The number of nitro groups is 2. The van der Waals surface area contributed by atoms with Crippen LogP contribution in [0.15, 0.2) is 42.5 Å². The summed E-state index contributed by atoms with van der Waals surface area (Å²) in [5.41, 5.74) is -2.18. The van der Waals surface area contributed by atoms with Crippen LogP contribution >= 0.6 is 0 Å². The fourth-order valence-electron chi connectivity index (χ4n) is 1.98. The van der Waals surface area contributed by atoms with Crippen molar-refractivity contribution in [2.75, 3.05) is 13.2 Å². The minimum atomic E-state index is -4.83. The molecule has 2 aromatic carbocycles. The standard InChI is InChI=1S/C15H11F3N2O6/c16-15(17,18)13-9-11(20(23)24)4-5-14(13)26-7-6-25-12-3-1-2-10(8-12)19(21)22/h1-5,8-9H,6-7H2. The molecule has 8 nitrogen and oxygen atoms in total. The van der Waals surface area contributed by atoms with Gasteiger partial charge in [0.1, 0.15) is 30.3 Å². The number of benzene rings is 2. The second-order valence-corrected chi connectivity index (χ2v) is 4.89. The van der Waals surface area contributed by atoms with Gasteiger partial charge in [-0.25, -0.2) is 0 Å². The topological polar surface area (TPSA) is 105 Å². The highest BCUT2D eigenvalue weighted by Crippen LogP contribution is 2.38. The van der Waals surface area contributed by atoms with Crippen LogP contribution in [0.25, 0.3) is 0 Å². The van der Waals surface area contributed by atoms with E-state index in [4.69, 9.17) is 9.47 Å². The zero-order chi connectivity index (χ0) is 19.3. The van der Waals surface area contributed by atoms with Crippen LogP contribution in [0.3, 0.4) is 0 Å². The van der Waals surface area contributed by atoms with Crippen molar-refractivity contribution in [1.29, 1.82) is 0 Å². The Morgan fingerprint density at radius 3 is 2.12 bits per heavy atom. The van der Waals surface area contributed by atoms with Gasteiger partial charge in [-0.3, -0.25) is 20.2 Å². The van der Waals surface area contributed by atoms with Crippen LogP contribution < -0.4 is 9.47 Å². The lowest BCUT2D eigenvalue weighted by molar-refractivity contribution is -0.385. The summed E-state index contributed by atoms with van der Waals surface area (Å²) < 4.78 is 49.1. The first-order valence-corrected chi connectivity index (χ1v) is 7.04. The number of non-ortho nitro benzene ring substituents is 2. The molecule has 0 saturated carbocycles. The van der Waals surface area contributed by atoms with Gasteiger partial charge in [-0.15, -0.1) is 0 Å². The number of ether oxygens (including phenoxy) is 2. The molecule has 0 saturated heterocycles. The van der Waals surface area contributed by atoms with Crippen molar-refractivity contribution < 1.29 is 32.5 Å². The van der Waals surface area contributed by atoms with Gasteiger partial charge in [0.2, 0.25) is 0 Å². The van der Waals surface area contributed by atoms with E-state index in [2.05, 4.69) is 0 Å². The van der Waals surface area contributed by atoms with E-state index in [1.807, 2.05) is 0 Å². The summed E-state index contributed by atoms with van der Waals surface area (Å²) in [6, 6.07) is 7.40. The molecule has 2 aromatic rings. The number of rotatable bonds is 7. The van der Waals surface area contributed by atoms with Gasteiger partial charge in [-0.05, 0) is 12.1 Å². The molecule has 11 heteroatoms. The second-order valence-electron chi connectivity index (χ2n) is 4.89. The fraction of sp³-hybridized carbons (Fsp3) is 0.200. The Morgan fingerprint density at radius 1 is 0.885 bits per heavy atom. The SMILES string of the molecule is O=[N+]([O-])c1cccc(OCCOc2ccc([N+](=O)[O-])cc2C(F)(F)F)c1. The summed E-state index contributed by atoms with van der Waals surface area (Å²) in [5.74, 6) is -0.423. The number of halogens is 3. The van der Waals surface area contributed by atoms with E-state index in [1.54, 1.807) is 0 Å². The minimum Gasteiger partial charge on any atom is -0.490 e. The minimum absolute atomic E-state index is 0.155. The van der Waals surface area contributed by atoms with Crippen LogP contribution in [-0.2, 0) is 6.18 Å². The number of hydrogen-bond acceptors (Lipinski definition) is 6. The molecule has 0 unspecified atom stereocenters. The van der Waals surface area contributed by atoms with Gasteiger partial charge in [0, 0.05) is 18.2 Å². The van der Waals surface area contributed by atoms with Gasteiger partial charge in [-0.1, -0.05) is 6.07 Å². The van der Waals surface area contributed by atoms with Gasteiger partial charge < -0.3 is 9.47 Å².